The number of rotatable bonds is 6. The fourth-order valence-corrected chi connectivity index (χ4v) is 4.38. The van der Waals surface area contributed by atoms with Gasteiger partial charge in [-0.3, -0.25) is 9.59 Å². The van der Waals surface area contributed by atoms with E-state index in [0.29, 0.717) is 38.8 Å². The summed E-state index contributed by atoms with van der Waals surface area (Å²) in [6.07, 6.45) is 1.41. The Morgan fingerprint density at radius 3 is 2.29 bits per heavy atom. The molecule has 0 aliphatic carbocycles. The lowest BCUT2D eigenvalue weighted by molar-refractivity contribution is 0.0997. The highest BCUT2D eigenvalue weighted by molar-refractivity contribution is 7.22. The lowest BCUT2D eigenvalue weighted by atomic mass is 10.0. The van der Waals surface area contributed by atoms with Crippen molar-refractivity contribution in [2.45, 2.75) is 0 Å². The zero-order chi connectivity index (χ0) is 22.0. The summed E-state index contributed by atoms with van der Waals surface area (Å²) in [5, 5.41) is 3.76. The highest BCUT2D eigenvalue weighted by Gasteiger charge is 2.22. The molecule has 158 valence electrons. The van der Waals surface area contributed by atoms with Gasteiger partial charge in [-0.05, 0) is 42.0 Å². The molecule has 1 amide bonds. The van der Waals surface area contributed by atoms with Crippen LogP contribution in [0.2, 0.25) is 0 Å². The number of methoxy groups -OCH3 is 3. The van der Waals surface area contributed by atoms with Gasteiger partial charge in [0.25, 0.3) is 5.91 Å². The third-order valence-electron chi connectivity index (χ3n) is 4.72. The summed E-state index contributed by atoms with van der Waals surface area (Å²) in [7, 11) is 4.51. The molecular formula is C23H19NO6S. The third-order valence-corrected chi connectivity index (χ3v) is 5.81. The number of anilines is 1. The number of furan rings is 1. The van der Waals surface area contributed by atoms with Gasteiger partial charge in [-0.15, -0.1) is 11.3 Å². The van der Waals surface area contributed by atoms with Crippen molar-refractivity contribution < 1.29 is 23.4 Å². The standard InChI is InChI=1S/C23H19NO6S/c1-27-16-11-13(12-17(28-2)21(16)29-3)19-20(25)14-7-4-5-9-18(14)31-23(19)24-22(26)15-8-6-10-30-15/h4-12H,1-3H3,(H,24,26). The molecule has 31 heavy (non-hydrogen) atoms. The van der Waals surface area contributed by atoms with Gasteiger partial charge in [0.1, 0.15) is 5.00 Å². The molecule has 0 bridgehead atoms. The van der Waals surface area contributed by atoms with Gasteiger partial charge >= 0.3 is 0 Å². The molecule has 0 fully saturated rings. The summed E-state index contributed by atoms with van der Waals surface area (Å²) in [5.41, 5.74) is 0.623. The highest BCUT2D eigenvalue weighted by atomic mass is 32.1. The van der Waals surface area contributed by atoms with Crippen LogP contribution in [0, 0.1) is 0 Å². The van der Waals surface area contributed by atoms with Crippen molar-refractivity contribution in [1.82, 2.24) is 0 Å². The van der Waals surface area contributed by atoms with Crippen LogP contribution < -0.4 is 25.0 Å². The lowest BCUT2D eigenvalue weighted by Crippen LogP contribution is -2.15. The smallest absolute Gasteiger partial charge is 0.291 e. The normalized spacial score (nSPS) is 10.7. The van der Waals surface area contributed by atoms with Gasteiger partial charge in [0.05, 0.1) is 33.2 Å². The Hall–Kier alpha value is -3.78. The van der Waals surface area contributed by atoms with Gasteiger partial charge in [-0.1, -0.05) is 12.1 Å². The van der Waals surface area contributed by atoms with Crippen molar-refractivity contribution in [1.29, 1.82) is 0 Å². The maximum atomic E-state index is 13.5. The first-order chi connectivity index (χ1) is 15.1. The molecule has 1 N–H and O–H groups in total. The molecule has 0 spiro atoms. The molecule has 8 heteroatoms. The fourth-order valence-electron chi connectivity index (χ4n) is 3.29. The van der Waals surface area contributed by atoms with Crippen LogP contribution in [0.5, 0.6) is 17.2 Å². The number of nitrogens with one attached hydrogen (secondary N) is 1. The van der Waals surface area contributed by atoms with E-state index in [-0.39, 0.29) is 11.2 Å². The van der Waals surface area contributed by atoms with Crippen LogP contribution in [-0.2, 0) is 0 Å². The predicted octanol–water partition coefficient (Wildman–Crippen LogP) is 4.80. The van der Waals surface area contributed by atoms with Gasteiger partial charge < -0.3 is 23.9 Å². The van der Waals surface area contributed by atoms with Crippen molar-refractivity contribution in [2.24, 2.45) is 0 Å². The van der Waals surface area contributed by atoms with E-state index in [9.17, 15) is 9.59 Å². The molecule has 2 aromatic carbocycles. The van der Waals surface area contributed by atoms with Gasteiger partial charge in [-0.25, -0.2) is 0 Å². The number of benzene rings is 2. The Kier molecular flexibility index (Phi) is 5.64. The predicted molar refractivity (Wildman–Crippen MR) is 120 cm³/mol. The van der Waals surface area contributed by atoms with E-state index in [2.05, 4.69) is 5.32 Å². The van der Waals surface area contributed by atoms with Gasteiger partial charge in [0, 0.05) is 10.1 Å². The first-order valence-corrected chi connectivity index (χ1v) is 10.1. The molecule has 2 heterocycles. The molecule has 4 rings (SSSR count). The molecule has 0 atom stereocenters. The summed E-state index contributed by atoms with van der Waals surface area (Å²) >= 11 is 1.30. The Labute approximate surface area is 181 Å². The second kappa shape index (κ2) is 8.53. The van der Waals surface area contributed by atoms with Crippen LogP contribution in [0.15, 0.2) is 64.0 Å². The summed E-state index contributed by atoms with van der Waals surface area (Å²) < 4.78 is 22.2. The molecule has 2 aromatic heterocycles. The first kappa shape index (κ1) is 20.5. The Balaban J connectivity index is 1.97. The van der Waals surface area contributed by atoms with Crippen molar-refractivity contribution in [3.8, 4) is 28.4 Å². The summed E-state index contributed by atoms with van der Waals surface area (Å²) in [6.45, 7) is 0. The molecule has 7 nitrogen and oxygen atoms in total. The van der Waals surface area contributed by atoms with Crippen LogP contribution in [0.3, 0.4) is 0 Å². The minimum absolute atomic E-state index is 0.142. The third kappa shape index (κ3) is 3.73. The largest absolute Gasteiger partial charge is 0.493 e. The average molecular weight is 437 g/mol. The maximum Gasteiger partial charge on any atom is 0.291 e. The summed E-state index contributed by atoms with van der Waals surface area (Å²) in [6, 6.07) is 13.8. The maximum absolute atomic E-state index is 13.5. The van der Waals surface area contributed by atoms with Crippen LogP contribution >= 0.6 is 11.3 Å². The van der Waals surface area contributed by atoms with E-state index in [0.717, 1.165) is 4.70 Å². The van der Waals surface area contributed by atoms with Crippen LogP contribution in [0.25, 0.3) is 21.2 Å². The molecule has 0 unspecified atom stereocenters. The van der Waals surface area contributed by atoms with Crippen LogP contribution in [0.1, 0.15) is 10.6 Å². The average Bonchev–Trinajstić information content (AvgIpc) is 3.33. The number of amides is 1. The first-order valence-electron chi connectivity index (χ1n) is 9.28. The Morgan fingerprint density at radius 2 is 1.68 bits per heavy atom. The van der Waals surface area contributed by atoms with Crippen molar-refractivity contribution >= 4 is 32.3 Å². The molecule has 0 saturated heterocycles. The minimum Gasteiger partial charge on any atom is -0.493 e. The highest BCUT2D eigenvalue weighted by Crippen LogP contribution is 2.43. The molecule has 0 aliphatic rings. The molecule has 0 saturated carbocycles. The van der Waals surface area contributed by atoms with E-state index in [1.54, 1.807) is 36.4 Å². The Morgan fingerprint density at radius 1 is 0.968 bits per heavy atom. The lowest BCUT2D eigenvalue weighted by Gasteiger charge is -2.16. The number of carbonyl (C=O) groups excluding carboxylic acids is 1. The summed E-state index contributed by atoms with van der Waals surface area (Å²) in [4.78, 5) is 26.2. The molecule has 4 aromatic rings. The quantitative estimate of drug-likeness (QED) is 0.466. The van der Waals surface area contributed by atoms with E-state index in [1.807, 2.05) is 12.1 Å². The molecule has 0 aliphatic heterocycles. The van der Waals surface area contributed by atoms with Crippen molar-refractivity contribution in [3.05, 3.63) is 70.8 Å². The van der Waals surface area contributed by atoms with Crippen LogP contribution in [0.4, 0.5) is 5.00 Å². The Bertz CT molecular complexity index is 1280. The SMILES string of the molecule is COc1cc(-c2c(NC(=O)c3ccco3)sc3ccccc3c2=O)cc(OC)c1OC. The van der Waals surface area contributed by atoms with Gasteiger partial charge in [0.2, 0.25) is 5.75 Å². The number of ether oxygens (including phenoxy) is 3. The number of hydrogen-bond donors (Lipinski definition) is 1. The molecular weight excluding hydrogens is 418 g/mol. The second-order valence-corrected chi connectivity index (χ2v) is 7.53. The molecule has 0 radical (unpaired) electrons. The number of fused-ring (bicyclic) bond motifs is 1. The minimum atomic E-state index is -0.454. The van der Waals surface area contributed by atoms with E-state index in [1.165, 1.54) is 38.9 Å². The van der Waals surface area contributed by atoms with Crippen molar-refractivity contribution in [3.63, 3.8) is 0 Å². The fraction of sp³-hybridized carbons (Fsp3) is 0.130. The van der Waals surface area contributed by atoms with E-state index in [4.69, 9.17) is 18.6 Å². The second-order valence-electron chi connectivity index (χ2n) is 6.48. The van der Waals surface area contributed by atoms with Crippen LogP contribution in [-0.4, -0.2) is 27.2 Å². The zero-order valence-corrected chi connectivity index (χ0v) is 17.9. The van der Waals surface area contributed by atoms with Gasteiger partial charge in [-0.2, -0.15) is 0 Å². The topological polar surface area (TPSA) is 87.0 Å². The monoisotopic (exact) mass is 437 g/mol. The van der Waals surface area contributed by atoms with E-state index < -0.39 is 5.91 Å². The van der Waals surface area contributed by atoms with E-state index >= 15 is 0 Å². The number of carbonyl (C=O) groups is 1. The van der Waals surface area contributed by atoms with Crippen molar-refractivity contribution in [2.75, 3.05) is 26.6 Å². The zero-order valence-electron chi connectivity index (χ0n) is 17.1. The summed E-state index contributed by atoms with van der Waals surface area (Å²) in [5.74, 6) is 0.899. The number of hydrogen-bond acceptors (Lipinski definition) is 7. The van der Waals surface area contributed by atoms with Gasteiger partial charge in [0.15, 0.2) is 22.7 Å².